The number of carbonyl (C=O) groups is 4. The lowest BCUT2D eigenvalue weighted by molar-refractivity contribution is -0.198. The highest BCUT2D eigenvalue weighted by Crippen LogP contribution is 2.42. The Morgan fingerprint density at radius 2 is 1.80 bits per heavy atom. The molecule has 2 N–H and O–H groups in total. The molecule has 3 heterocycles. The molecule has 3 amide bonds. The molecular weight excluding hydrogens is 586 g/mol. The van der Waals surface area contributed by atoms with Crippen molar-refractivity contribution < 1.29 is 48.0 Å². The first-order valence-corrected chi connectivity index (χ1v) is 15.2. The van der Waals surface area contributed by atoms with E-state index >= 15 is 0 Å². The molecule has 0 saturated carbocycles. The summed E-state index contributed by atoms with van der Waals surface area (Å²) in [6.07, 6.45) is 2.38. The molecule has 0 aliphatic carbocycles. The second-order valence-corrected chi connectivity index (χ2v) is 11.1. The lowest BCUT2D eigenvalue weighted by Crippen LogP contribution is -2.57. The highest BCUT2D eigenvalue weighted by Gasteiger charge is 2.46. The molecule has 0 bridgehead atoms. The molecule has 242 valence electrons. The Balaban J connectivity index is 1.32. The van der Waals surface area contributed by atoms with E-state index in [2.05, 4.69) is 10.1 Å². The van der Waals surface area contributed by atoms with Gasteiger partial charge in [-0.25, -0.2) is 14.5 Å². The van der Waals surface area contributed by atoms with Crippen LogP contribution in [-0.2, 0) is 19.0 Å². The fourth-order valence-electron chi connectivity index (χ4n) is 5.95. The van der Waals surface area contributed by atoms with Gasteiger partial charge in [0, 0.05) is 31.3 Å². The third kappa shape index (κ3) is 7.31. The number of nitrogens with one attached hydrogen (secondary N) is 1. The van der Waals surface area contributed by atoms with Crippen LogP contribution in [0.1, 0.15) is 72.1 Å². The first-order chi connectivity index (χ1) is 21.8. The maximum Gasteiger partial charge on any atom is 0.414 e. The fraction of sp³-hybridized carbons (Fsp3) is 0.500. The van der Waals surface area contributed by atoms with Gasteiger partial charge >= 0.3 is 12.1 Å². The van der Waals surface area contributed by atoms with E-state index in [9.17, 15) is 24.3 Å². The van der Waals surface area contributed by atoms with E-state index in [1.807, 2.05) is 0 Å². The fourth-order valence-corrected chi connectivity index (χ4v) is 5.95. The van der Waals surface area contributed by atoms with Crippen LogP contribution in [0.25, 0.3) is 0 Å². The van der Waals surface area contributed by atoms with Gasteiger partial charge in [-0.3, -0.25) is 9.59 Å². The Kier molecular flexibility index (Phi) is 10.4. The van der Waals surface area contributed by atoms with Crippen molar-refractivity contribution in [1.29, 1.82) is 0 Å². The van der Waals surface area contributed by atoms with Gasteiger partial charge in [-0.2, -0.15) is 0 Å². The van der Waals surface area contributed by atoms with Crippen molar-refractivity contribution in [1.82, 2.24) is 4.90 Å². The Bertz CT molecular complexity index is 1390. The van der Waals surface area contributed by atoms with Gasteiger partial charge in [-0.15, -0.1) is 0 Å². The molecular formula is C32H39N3O10. The van der Waals surface area contributed by atoms with Crippen LogP contribution in [-0.4, -0.2) is 86.4 Å². The molecule has 0 radical (unpaired) electrons. The Morgan fingerprint density at radius 3 is 2.49 bits per heavy atom. The van der Waals surface area contributed by atoms with Gasteiger partial charge in [0.25, 0.3) is 5.91 Å². The van der Waals surface area contributed by atoms with Crippen LogP contribution in [0, 0.1) is 0 Å². The van der Waals surface area contributed by atoms with Gasteiger partial charge < -0.3 is 39.0 Å². The molecule has 2 aromatic carbocycles. The van der Waals surface area contributed by atoms with Crippen LogP contribution in [0.4, 0.5) is 16.2 Å². The number of ether oxygens (including phenoxy) is 5. The van der Waals surface area contributed by atoms with Gasteiger partial charge in [-0.05, 0) is 75.3 Å². The van der Waals surface area contributed by atoms with Crippen molar-refractivity contribution >= 4 is 35.3 Å². The number of rotatable bonds is 10. The zero-order valence-corrected chi connectivity index (χ0v) is 25.5. The molecule has 3 aliphatic heterocycles. The van der Waals surface area contributed by atoms with E-state index in [1.165, 1.54) is 26.4 Å². The summed E-state index contributed by atoms with van der Waals surface area (Å²) in [5.41, 5.74) is 1.23. The van der Waals surface area contributed by atoms with Crippen LogP contribution >= 0.6 is 0 Å². The minimum Gasteiger partial charge on any atom is -0.493 e. The molecule has 3 aliphatic rings. The molecule has 0 aromatic heterocycles. The molecule has 5 rings (SSSR count). The third-order valence-electron chi connectivity index (χ3n) is 8.20. The van der Waals surface area contributed by atoms with E-state index < -0.39 is 30.6 Å². The minimum atomic E-state index is -1.26. The summed E-state index contributed by atoms with van der Waals surface area (Å²) < 4.78 is 28.4. The molecule has 2 aromatic rings. The number of methoxy groups -OCH3 is 2. The van der Waals surface area contributed by atoms with E-state index in [1.54, 1.807) is 29.2 Å². The zero-order valence-electron chi connectivity index (χ0n) is 25.5. The van der Waals surface area contributed by atoms with Crippen LogP contribution in [0.2, 0.25) is 0 Å². The van der Waals surface area contributed by atoms with Crippen molar-refractivity contribution in [2.75, 3.05) is 44.2 Å². The van der Waals surface area contributed by atoms with Crippen molar-refractivity contribution in [2.45, 2.75) is 69.9 Å². The summed E-state index contributed by atoms with van der Waals surface area (Å²) in [5, 5.41) is 13.3. The predicted octanol–water partition coefficient (Wildman–Crippen LogP) is 4.64. The summed E-state index contributed by atoms with van der Waals surface area (Å²) >= 11 is 0. The first kappa shape index (κ1) is 32.0. The summed E-state index contributed by atoms with van der Waals surface area (Å²) in [5.74, 6) is -0.501. The van der Waals surface area contributed by atoms with Gasteiger partial charge in [0.2, 0.25) is 5.91 Å². The number of amides is 3. The van der Waals surface area contributed by atoms with E-state index in [0.29, 0.717) is 43.7 Å². The lowest BCUT2D eigenvalue weighted by atomic mass is 10.00. The molecule has 0 spiro atoms. The Morgan fingerprint density at radius 1 is 1.02 bits per heavy atom. The normalized spacial score (nSPS) is 21.2. The molecule has 45 heavy (non-hydrogen) atoms. The maximum absolute atomic E-state index is 13.9. The van der Waals surface area contributed by atoms with Gasteiger partial charge in [0.05, 0.1) is 43.7 Å². The number of hydrogen-bond acceptors (Lipinski definition) is 9. The second kappa shape index (κ2) is 14.6. The van der Waals surface area contributed by atoms with Crippen LogP contribution in [0.15, 0.2) is 36.4 Å². The lowest BCUT2D eigenvalue weighted by Gasteiger charge is -2.42. The number of esters is 1. The average Bonchev–Trinajstić information content (AvgIpc) is 3.15. The molecule has 13 nitrogen and oxygen atoms in total. The van der Waals surface area contributed by atoms with E-state index in [4.69, 9.17) is 18.9 Å². The van der Waals surface area contributed by atoms with Crippen LogP contribution in [0.5, 0.6) is 11.5 Å². The SMILES string of the molecule is COC(=O)c1ccc(NC(=O)CCCOc2cc3c(cc2OC)C(=O)N2CCCC[C@H]2C(OC2CCCCO2)N3C(=O)O)cc1. The second-order valence-electron chi connectivity index (χ2n) is 11.1. The summed E-state index contributed by atoms with van der Waals surface area (Å²) in [7, 11) is 2.74. The quantitative estimate of drug-likeness (QED) is 0.282. The largest absolute Gasteiger partial charge is 0.493 e. The minimum absolute atomic E-state index is 0.120. The van der Waals surface area contributed by atoms with Crippen LogP contribution < -0.4 is 19.7 Å². The van der Waals surface area contributed by atoms with Crippen molar-refractivity contribution in [3.8, 4) is 11.5 Å². The number of carbonyl (C=O) groups excluding carboxylic acids is 3. The van der Waals surface area contributed by atoms with Crippen molar-refractivity contribution in [2.24, 2.45) is 0 Å². The number of fused-ring (bicyclic) bond motifs is 2. The Hall–Kier alpha value is -4.36. The van der Waals surface area contributed by atoms with E-state index in [0.717, 1.165) is 30.6 Å². The maximum atomic E-state index is 13.9. The number of nitrogens with zero attached hydrogens (tertiary/aromatic N) is 2. The summed E-state index contributed by atoms with van der Waals surface area (Å²) in [6.45, 7) is 1.14. The number of benzene rings is 2. The number of hydrogen-bond donors (Lipinski definition) is 2. The highest BCUT2D eigenvalue weighted by molar-refractivity contribution is 6.05. The molecule has 2 unspecified atom stereocenters. The van der Waals surface area contributed by atoms with Crippen LogP contribution in [0.3, 0.4) is 0 Å². The Labute approximate surface area is 261 Å². The molecule has 2 saturated heterocycles. The van der Waals surface area contributed by atoms with Crippen molar-refractivity contribution in [3.63, 3.8) is 0 Å². The van der Waals surface area contributed by atoms with Gasteiger partial charge in [0.15, 0.2) is 24.0 Å². The molecule has 2 fully saturated rings. The van der Waals surface area contributed by atoms with E-state index in [-0.39, 0.29) is 47.6 Å². The van der Waals surface area contributed by atoms with Gasteiger partial charge in [0.1, 0.15) is 0 Å². The third-order valence-corrected chi connectivity index (χ3v) is 8.20. The molecule has 3 atom stereocenters. The monoisotopic (exact) mass is 625 g/mol. The predicted molar refractivity (Wildman–Crippen MR) is 162 cm³/mol. The standard InChI is InChI=1S/C32H39N3O10/c1-41-25-18-22-24(19-26(25)43-17-7-9-27(36)33-21-13-11-20(12-14-21)31(38)42-2)35(32(39)40)30(45-28-10-4-6-16-44-28)23-8-3-5-15-34(23)29(22)37/h11-14,18-19,23,28,30H,3-10,15-17H2,1-2H3,(H,33,36)(H,39,40)/t23-,28?,30?/m0/s1. The van der Waals surface area contributed by atoms with Gasteiger partial charge in [-0.1, -0.05) is 0 Å². The number of anilines is 2. The zero-order chi connectivity index (χ0) is 31.9. The van der Waals surface area contributed by atoms with Crippen molar-refractivity contribution in [3.05, 3.63) is 47.5 Å². The molecule has 13 heteroatoms. The number of piperidine rings is 1. The first-order valence-electron chi connectivity index (χ1n) is 15.2. The highest BCUT2D eigenvalue weighted by atomic mass is 16.7. The number of carboxylic acid groups (broad SMARTS) is 1. The summed E-state index contributed by atoms with van der Waals surface area (Å²) in [6, 6.07) is 8.87. The smallest absolute Gasteiger partial charge is 0.414 e. The average molecular weight is 626 g/mol. The summed E-state index contributed by atoms with van der Waals surface area (Å²) in [4.78, 5) is 53.7. The topological polar surface area (TPSA) is 153 Å².